The van der Waals surface area contributed by atoms with E-state index in [2.05, 4.69) is 15.9 Å². The molecule has 0 aliphatic carbocycles. The molecule has 1 aromatic heterocycles. The number of hydrogen-bond acceptors (Lipinski definition) is 8. The molecule has 0 saturated carbocycles. The summed E-state index contributed by atoms with van der Waals surface area (Å²) < 4.78 is 23.6. The monoisotopic (exact) mass is 627 g/mol. The van der Waals surface area contributed by atoms with Crippen LogP contribution in [0.5, 0.6) is 0 Å². The number of nitrogens with zero attached hydrogens (tertiary/aromatic N) is 1. The van der Waals surface area contributed by atoms with Crippen molar-refractivity contribution >= 4 is 33.9 Å². The van der Waals surface area contributed by atoms with E-state index in [1.807, 2.05) is 60.7 Å². The highest BCUT2D eigenvalue weighted by atomic mass is 79.9. The zero-order valence-electron chi connectivity index (χ0n) is 23.0. The summed E-state index contributed by atoms with van der Waals surface area (Å²) in [7, 11) is 0. The molecule has 0 bridgehead atoms. The fraction of sp³-hybridized carbons (Fsp3) is 0.387. The Kier molecular flexibility index (Phi) is 10.7. The Labute approximate surface area is 247 Å². The minimum atomic E-state index is -1.10. The van der Waals surface area contributed by atoms with E-state index in [0.717, 1.165) is 16.0 Å². The third-order valence-electron chi connectivity index (χ3n) is 6.89. The Morgan fingerprint density at radius 2 is 1.76 bits per heavy atom. The molecule has 0 radical (unpaired) electrons. The maximum atomic E-state index is 14.3. The highest BCUT2D eigenvalue weighted by molar-refractivity contribution is 9.10. The van der Waals surface area contributed by atoms with Crippen molar-refractivity contribution in [1.82, 2.24) is 4.90 Å². The quantitative estimate of drug-likeness (QED) is 0.194. The number of halogens is 1. The summed E-state index contributed by atoms with van der Waals surface area (Å²) in [6, 6.07) is 19.7. The molecule has 4 unspecified atom stereocenters. The predicted octanol–water partition coefficient (Wildman–Crippen LogP) is 5.56. The Balaban J connectivity index is 1.66. The van der Waals surface area contributed by atoms with Crippen LogP contribution in [0.3, 0.4) is 0 Å². The molecule has 9 nitrogen and oxygen atoms in total. The summed E-state index contributed by atoms with van der Waals surface area (Å²) in [6.07, 6.45) is -1.15. The maximum Gasteiger partial charge on any atom is 0.417 e. The molecule has 3 aromatic rings. The molecule has 0 spiro atoms. The van der Waals surface area contributed by atoms with E-state index in [9.17, 15) is 14.4 Å². The van der Waals surface area contributed by atoms with Gasteiger partial charge in [-0.25, -0.2) is 9.69 Å². The first-order valence-corrected chi connectivity index (χ1v) is 14.4. The second kappa shape index (κ2) is 14.4. The Morgan fingerprint density at radius 1 is 1.07 bits per heavy atom. The molecule has 4 atom stereocenters. The molecule has 10 heteroatoms. The van der Waals surface area contributed by atoms with Crippen LogP contribution >= 0.6 is 15.9 Å². The smallest absolute Gasteiger partial charge is 0.417 e. The van der Waals surface area contributed by atoms with E-state index in [-0.39, 0.29) is 25.4 Å². The van der Waals surface area contributed by atoms with Crippen LogP contribution in [0.4, 0.5) is 4.79 Å². The standard InChI is InChI=1S/C31H34BrNO8/c1-20-28(23-12-7-4-8-13-23)41-31(37)33(20)30(36)24(18-22-10-5-3-6-11-22)29(39-21(2)35)27-19-25(32)26(40-27)14-9-16-38-17-15-34/h3-8,10-13,19-20,24,28-29,34H,9,14-18H2,1-2H3. The van der Waals surface area contributed by atoms with E-state index in [4.69, 9.17) is 23.7 Å². The average Bonchev–Trinajstić information content (AvgIpc) is 3.48. The lowest BCUT2D eigenvalue weighted by molar-refractivity contribution is -0.155. The molecule has 218 valence electrons. The zero-order valence-corrected chi connectivity index (χ0v) is 24.6. The number of aliphatic hydroxyl groups is 1. The minimum Gasteiger partial charge on any atom is -0.461 e. The van der Waals surface area contributed by atoms with Gasteiger partial charge in [0.25, 0.3) is 0 Å². The fourth-order valence-electron chi connectivity index (χ4n) is 4.97. The van der Waals surface area contributed by atoms with Crippen LogP contribution in [0, 0.1) is 5.92 Å². The third kappa shape index (κ3) is 7.63. The van der Waals surface area contributed by atoms with Gasteiger partial charge in [-0.2, -0.15) is 0 Å². The summed E-state index contributed by atoms with van der Waals surface area (Å²) in [5, 5.41) is 8.90. The SMILES string of the molecule is CC(=O)OC(c1cc(Br)c(CCCOCCO)o1)C(Cc1ccccc1)C(=O)N1C(=O)OC(c2ccccc2)C1C. The number of esters is 1. The van der Waals surface area contributed by atoms with Crippen LogP contribution in [0.25, 0.3) is 0 Å². The Bertz CT molecular complexity index is 1310. The van der Waals surface area contributed by atoms with Gasteiger partial charge in [-0.1, -0.05) is 60.7 Å². The number of imide groups is 1. The molecule has 1 fully saturated rings. The van der Waals surface area contributed by atoms with Gasteiger partial charge in [0, 0.05) is 20.0 Å². The molecule has 41 heavy (non-hydrogen) atoms. The van der Waals surface area contributed by atoms with Gasteiger partial charge in [0.2, 0.25) is 5.91 Å². The highest BCUT2D eigenvalue weighted by Gasteiger charge is 2.48. The predicted molar refractivity (Wildman–Crippen MR) is 153 cm³/mol. The van der Waals surface area contributed by atoms with Gasteiger partial charge in [0.05, 0.1) is 29.6 Å². The van der Waals surface area contributed by atoms with Crippen LogP contribution in [-0.4, -0.2) is 53.8 Å². The molecule has 2 amide bonds. The molecule has 1 aliphatic rings. The number of carbonyl (C=O) groups is 3. The molecule has 1 N–H and O–H groups in total. The summed E-state index contributed by atoms with van der Waals surface area (Å²) >= 11 is 3.52. The van der Waals surface area contributed by atoms with Crippen molar-refractivity contribution in [1.29, 1.82) is 0 Å². The summed E-state index contributed by atoms with van der Waals surface area (Å²) in [5.41, 5.74) is 1.61. The molecular weight excluding hydrogens is 594 g/mol. The van der Waals surface area contributed by atoms with Crippen LogP contribution in [-0.2, 0) is 36.6 Å². The van der Waals surface area contributed by atoms with Crippen molar-refractivity contribution in [2.24, 2.45) is 5.92 Å². The van der Waals surface area contributed by atoms with Gasteiger partial charge in [0.15, 0.2) is 6.10 Å². The normalized spacial score (nSPS) is 18.1. The van der Waals surface area contributed by atoms with Gasteiger partial charge in [-0.15, -0.1) is 0 Å². The van der Waals surface area contributed by atoms with Crippen LogP contribution < -0.4 is 0 Å². The van der Waals surface area contributed by atoms with Crippen molar-refractivity contribution in [2.75, 3.05) is 19.8 Å². The van der Waals surface area contributed by atoms with Crippen LogP contribution in [0.2, 0.25) is 0 Å². The van der Waals surface area contributed by atoms with Gasteiger partial charge in [-0.05, 0) is 52.9 Å². The van der Waals surface area contributed by atoms with E-state index in [1.165, 1.54) is 6.92 Å². The molecule has 4 rings (SSSR count). The Morgan fingerprint density at radius 3 is 2.41 bits per heavy atom. The van der Waals surface area contributed by atoms with E-state index in [0.29, 0.717) is 29.7 Å². The van der Waals surface area contributed by atoms with E-state index in [1.54, 1.807) is 13.0 Å². The van der Waals surface area contributed by atoms with Crippen LogP contribution in [0.1, 0.15) is 55.1 Å². The van der Waals surface area contributed by atoms with Crippen LogP contribution in [0.15, 0.2) is 75.6 Å². The number of aliphatic hydroxyl groups excluding tert-OH is 1. The second-order valence-electron chi connectivity index (χ2n) is 9.85. The first-order chi connectivity index (χ1) is 19.8. The van der Waals surface area contributed by atoms with Crippen molar-refractivity contribution in [3.05, 3.63) is 93.9 Å². The average molecular weight is 629 g/mol. The van der Waals surface area contributed by atoms with Crippen molar-refractivity contribution in [3.8, 4) is 0 Å². The summed E-state index contributed by atoms with van der Waals surface area (Å²) in [4.78, 5) is 40.8. The lowest BCUT2D eigenvalue weighted by Crippen LogP contribution is -2.44. The molecule has 1 saturated heterocycles. The number of rotatable bonds is 13. The Hall–Kier alpha value is -3.47. The zero-order chi connectivity index (χ0) is 29.4. The van der Waals surface area contributed by atoms with Gasteiger partial charge >= 0.3 is 12.1 Å². The van der Waals surface area contributed by atoms with Crippen molar-refractivity contribution in [2.45, 2.75) is 51.4 Å². The number of ether oxygens (including phenoxy) is 3. The molecule has 2 aromatic carbocycles. The number of carbonyl (C=O) groups excluding carboxylic acids is 3. The molecule has 1 aliphatic heterocycles. The number of aryl methyl sites for hydroxylation is 1. The summed E-state index contributed by atoms with van der Waals surface area (Å²) in [6.45, 7) is 3.67. The van der Waals surface area contributed by atoms with E-state index >= 15 is 0 Å². The first-order valence-electron chi connectivity index (χ1n) is 13.6. The number of hydrogen-bond donors (Lipinski definition) is 1. The summed E-state index contributed by atoms with van der Waals surface area (Å²) in [5.74, 6) is -1.21. The van der Waals surface area contributed by atoms with Crippen molar-refractivity contribution in [3.63, 3.8) is 0 Å². The highest BCUT2D eigenvalue weighted by Crippen LogP contribution is 2.39. The second-order valence-corrected chi connectivity index (χ2v) is 10.7. The van der Waals surface area contributed by atoms with Gasteiger partial charge < -0.3 is 23.7 Å². The van der Waals surface area contributed by atoms with E-state index < -0.39 is 42.1 Å². The first kappa shape index (κ1) is 30.5. The number of benzene rings is 2. The molecular formula is C31H34BrNO8. The largest absolute Gasteiger partial charge is 0.461 e. The van der Waals surface area contributed by atoms with Gasteiger partial charge in [0.1, 0.15) is 17.6 Å². The lowest BCUT2D eigenvalue weighted by Gasteiger charge is -2.29. The van der Waals surface area contributed by atoms with Gasteiger partial charge in [-0.3, -0.25) is 9.59 Å². The fourth-order valence-corrected chi connectivity index (χ4v) is 5.48. The van der Waals surface area contributed by atoms with Crippen molar-refractivity contribution < 1.29 is 38.1 Å². The number of furan rings is 1. The molecule has 2 heterocycles. The maximum absolute atomic E-state index is 14.3. The number of amides is 2. The topological polar surface area (TPSA) is 116 Å². The lowest BCUT2D eigenvalue weighted by atomic mass is 9.90. The third-order valence-corrected chi connectivity index (χ3v) is 7.57. The minimum absolute atomic E-state index is 0.0508. The number of cyclic esters (lactones) is 1.